The molecule has 0 aliphatic heterocycles. The van der Waals surface area contributed by atoms with E-state index in [1.165, 1.54) is 0 Å². The number of nitrogens with one attached hydrogen (secondary N) is 2. The Morgan fingerprint density at radius 1 is 0.923 bits per heavy atom. The first-order chi connectivity index (χ1) is 12.5. The number of amides is 1. The first kappa shape index (κ1) is 17.5. The molecule has 3 aromatic rings. The number of pyridine rings is 1. The molecule has 132 valence electrons. The molecule has 0 radical (unpaired) electrons. The van der Waals surface area contributed by atoms with Crippen molar-refractivity contribution in [2.24, 2.45) is 0 Å². The minimum Gasteiger partial charge on any atom is -0.497 e. The van der Waals surface area contributed by atoms with Gasteiger partial charge in [0.2, 0.25) is 0 Å². The summed E-state index contributed by atoms with van der Waals surface area (Å²) in [7, 11) is 1.63. The number of carbonyl (C=O) groups excluding carboxylic acids is 1. The maximum atomic E-state index is 12.3. The summed E-state index contributed by atoms with van der Waals surface area (Å²) >= 11 is 0. The molecule has 26 heavy (non-hydrogen) atoms. The van der Waals surface area contributed by atoms with Gasteiger partial charge in [-0.2, -0.15) is 0 Å². The lowest BCUT2D eigenvalue weighted by molar-refractivity contribution is 0.102. The summed E-state index contributed by atoms with van der Waals surface area (Å²) in [5, 5.41) is 6.07. The molecule has 0 fully saturated rings. The van der Waals surface area contributed by atoms with Gasteiger partial charge < -0.3 is 15.4 Å². The van der Waals surface area contributed by atoms with Gasteiger partial charge in [0.15, 0.2) is 0 Å². The van der Waals surface area contributed by atoms with Crippen LogP contribution in [0.15, 0.2) is 60.8 Å². The van der Waals surface area contributed by atoms with Gasteiger partial charge in [-0.1, -0.05) is 6.07 Å². The van der Waals surface area contributed by atoms with Crippen LogP contribution in [-0.2, 0) is 0 Å². The number of aryl methyl sites for hydroxylation is 2. The second kappa shape index (κ2) is 7.70. The van der Waals surface area contributed by atoms with Crippen LogP contribution >= 0.6 is 0 Å². The van der Waals surface area contributed by atoms with Crippen molar-refractivity contribution in [3.63, 3.8) is 0 Å². The summed E-state index contributed by atoms with van der Waals surface area (Å²) in [6, 6.07) is 16.9. The number of rotatable bonds is 5. The highest BCUT2D eigenvalue weighted by Crippen LogP contribution is 2.20. The fourth-order valence-electron chi connectivity index (χ4n) is 2.45. The van der Waals surface area contributed by atoms with Crippen LogP contribution in [0.25, 0.3) is 0 Å². The zero-order valence-electron chi connectivity index (χ0n) is 15.0. The van der Waals surface area contributed by atoms with Crippen molar-refractivity contribution >= 4 is 23.1 Å². The second-order valence-electron chi connectivity index (χ2n) is 6.04. The Balaban J connectivity index is 1.65. The fraction of sp³-hybridized carbons (Fsp3) is 0.143. The van der Waals surface area contributed by atoms with Crippen LogP contribution in [0.5, 0.6) is 5.75 Å². The third kappa shape index (κ3) is 4.19. The number of aromatic nitrogens is 1. The number of ether oxygens (including phenoxy) is 1. The second-order valence-corrected chi connectivity index (χ2v) is 6.04. The molecule has 0 atom stereocenters. The number of anilines is 3. The van der Waals surface area contributed by atoms with Crippen LogP contribution in [-0.4, -0.2) is 18.0 Å². The number of benzene rings is 2. The molecule has 1 aromatic heterocycles. The first-order valence-corrected chi connectivity index (χ1v) is 8.31. The van der Waals surface area contributed by atoms with Crippen molar-refractivity contribution in [2.75, 3.05) is 17.7 Å². The van der Waals surface area contributed by atoms with Gasteiger partial charge in [0.1, 0.15) is 11.6 Å². The van der Waals surface area contributed by atoms with Crippen molar-refractivity contribution in [2.45, 2.75) is 13.8 Å². The zero-order chi connectivity index (χ0) is 18.5. The summed E-state index contributed by atoms with van der Waals surface area (Å²) in [5.41, 5.74) is 4.44. The highest BCUT2D eigenvalue weighted by atomic mass is 16.5. The lowest BCUT2D eigenvalue weighted by atomic mass is 10.1. The average Bonchev–Trinajstić information content (AvgIpc) is 2.66. The molecule has 0 aliphatic carbocycles. The molecule has 5 nitrogen and oxygen atoms in total. The van der Waals surface area contributed by atoms with Crippen LogP contribution in [0.3, 0.4) is 0 Å². The lowest BCUT2D eigenvalue weighted by Crippen LogP contribution is -2.12. The van der Waals surface area contributed by atoms with Gasteiger partial charge in [-0.15, -0.1) is 0 Å². The minimum absolute atomic E-state index is 0.147. The van der Waals surface area contributed by atoms with Crippen LogP contribution in [0.2, 0.25) is 0 Å². The van der Waals surface area contributed by atoms with E-state index in [1.54, 1.807) is 13.3 Å². The first-order valence-electron chi connectivity index (χ1n) is 8.31. The van der Waals surface area contributed by atoms with Crippen LogP contribution in [0.1, 0.15) is 21.5 Å². The molecule has 0 saturated carbocycles. The number of carbonyl (C=O) groups is 1. The number of hydrogen-bond acceptors (Lipinski definition) is 4. The van der Waals surface area contributed by atoms with Crippen molar-refractivity contribution in [3.05, 3.63) is 77.5 Å². The zero-order valence-corrected chi connectivity index (χ0v) is 15.0. The van der Waals surface area contributed by atoms with Gasteiger partial charge in [0.25, 0.3) is 5.91 Å². The molecule has 0 aliphatic rings. The van der Waals surface area contributed by atoms with E-state index in [2.05, 4.69) is 15.6 Å². The largest absolute Gasteiger partial charge is 0.497 e. The predicted octanol–water partition coefficient (Wildman–Crippen LogP) is 4.70. The topological polar surface area (TPSA) is 63.2 Å². The van der Waals surface area contributed by atoms with Gasteiger partial charge in [-0.3, -0.25) is 4.79 Å². The third-order valence-electron chi connectivity index (χ3n) is 4.15. The molecule has 0 spiro atoms. The van der Waals surface area contributed by atoms with E-state index in [9.17, 15) is 4.79 Å². The van der Waals surface area contributed by atoms with E-state index in [-0.39, 0.29) is 5.91 Å². The highest BCUT2D eigenvalue weighted by Gasteiger charge is 2.07. The highest BCUT2D eigenvalue weighted by molar-refractivity contribution is 6.04. The summed E-state index contributed by atoms with van der Waals surface area (Å²) in [4.78, 5) is 16.7. The Hall–Kier alpha value is -3.34. The Kier molecular flexibility index (Phi) is 5.17. The predicted molar refractivity (Wildman–Crippen MR) is 104 cm³/mol. The van der Waals surface area contributed by atoms with Crippen LogP contribution < -0.4 is 15.4 Å². The van der Waals surface area contributed by atoms with E-state index in [1.807, 2.05) is 68.4 Å². The Bertz CT molecular complexity index is 904. The molecule has 1 amide bonds. The van der Waals surface area contributed by atoms with Crippen LogP contribution in [0.4, 0.5) is 17.2 Å². The molecule has 0 unspecified atom stereocenters. The van der Waals surface area contributed by atoms with Crippen molar-refractivity contribution in [3.8, 4) is 5.75 Å². The standard InChI is InChI=1S/C21H21N3O2/c1-14-4-5-16(12-15(14)2)21(25)24-18-8-11-20(22-13-18)23-17-6-9-19(26-3)10-7-17/h4-13H,1-3H3,(H,22,23)(H,24,25). The summed E-state index contributed by atoms with van der Waals surface area (Å²) in [6.07, 6.45) is 1.63. The molecule has 1 heterocycles. The normalized spacial score (nSPS) is 10.3. The molecular weight excluding hydrogens is 326 g/mol. The maximum Gasteiger partial charge on any atom is 0.255 e. The van der Waals surface area contributed by atoms with Gasteiger partial charge in [0.05, 0.1) is 19.0 Å². The van der Waals surface area contributed by atoms with Crippen LogP contribution in [0, 0.1) is 13.8 Å². The quantitative estimate of drug-likeness (QED) is 0.702. The van der Waals surface area contributed by atoms with Crippen molar-refractivity contribution in [1.82, 2.24) is 4.98 Å². The fourth-order valence-corrected chi connectivity index (χ4v) is 2.45. The van der Waals surface area contributed by atoms with Crippen molar-refractivity contribution in [1.29, 1.82) is 0 Å². The van der Waals surface area contributed by atoms with E-state index in [0.717, 1.165) is 22.6 Å². The maximum absolute atomic E-state index is 12.3. The van der Waals surface area contributed by atoms with E-state index in [0.29, 0.717) is 17.1 Å². The average molecular weight is 347 g/mol. The van der Waals surface area contributed by atoms with E-state index in [4.69, 9.17) is 4.74 Å². The molecule has 0 saturated heterocycles. The van der Waals surface area contributed by atoms with Gasteiger partial charge in [0, 0.05) is 11.3 Å². The monoisotopic (exact) mass is 347 g/mol. The summed E-state index contributed by atoms with van der Waals surface area (Å²) in [5.74, 6) is 1.35. The molecular formula is C21H21N3O2. The third-order valence-corrected chi connectivity index (χ3v) is 4.15. The van der Waals surface area contributed by atoms with Gasteiger partial charge in [-0.25, -0.2) is 4.98 Å². The van der Waals surface area contributed by atoms with E-state index >= 15 is 0 Å². The summed E-state index contributed by atoms with van der Waals surface area (Å²) < 4.78 is 5.14. The number of methoxy groups -OCH3 is 1. The smallest absolute Gasteiger partial charge is 0.255 e. The molecule has 3 rings (SSSR count). The summed E-state index contributed by atoms with van der Waals surface area (Å²) in [6.45, 7) is 4.02. The Labute approximate surface area is 153 Å². The van der Waals surface area contributed by atoms with Crippen molar-refractivity contribution < 1.29 is 9.53 Å². The SMILES string of the molecule is COc1ccc(Nc2ccc(NC(=O)c3ccc(C)c(C)c3)cn2)cc1. The van der Waals surface area contributed by atoms with E-state index < -0.39 is 0 Å². The Morgan fingerprint density at radius 3 is 2.27 bits per heavy atom. The number of hydrogen-bond donors (Lipinski definition) is 2. The minimum atomic E-state index is -0.147. The van der Waals surface area contributed by atoms with Gasteiger partial charge >= 0.3 is 0 Å². The van der Waals surface area contributed by atoms with Gasteiger partial charge in [-0.05, 0) is 73.5 Å². The molecule has 2 N–H and O–H groups in total. The molecule has 5 heteroatoms. The number of nitrogens with zero attached hydrogens (tertiary/aromatic N) is 1. The molecule has 2 aromatic carbocycles. The lowest BCUT2D eigenvalue weighted by Gasteiger charge is -2.09. The Morgan fingerprint density at radius 2 is 1.65 bits per heavy atom. The molecule has 0 bridgehead atoms.